The zero-order valence-corrected chi connectivity index (χ0v) is 17.6. The van der Waals surface area contributed by atoms with Crippen molar-refractivity contribution in [2.45, 2.75) is 25.6 Å². The van der Waals surface area contributed by atoms with Crippen LogP contribution in [0.1, 0.15) is 16.7 Å². The normalized spacial score (nSPS) is 12.0. The second-order valence-corrected chi connectivity index (χ2v) is 7.73. The summed E-state index contributed by atoms with van der Waals surface area (Å²) in [4.78, 5) is 15.1. The third-order valence-electron chi connectivity index (χ3n) is 5.25. The van der Waals surface area contributed by atoms with Gasteiger partial charge in [-0.3, -0.25) is 10.1 Å². The predicted molar refractivity (Wildman–Crippen MR) is 122 cm³/mol. The van der Waals surface area contributed by atoms with Gasteiger partial charge in [-0.15, -0.1) is 0 Å². The molecule has 31 heavy (non-hydrogen) atoms. The van der Waals surface area contributed by atoms with Crippen molar-refractivity contribution in [2.24, 2.45) is 0 Å². The van der Waals surface area contributed by atoms with Crippen LogP contribution in [0, 0.1) is 0 Å². The Labute approximate surface area is 185 Å². The maximum Gasteiger partial charge on any atom is 0.321 e. The molecule has 4 rings (SSSR count). The molecule has 1 aromatic heterocycles. The SMILES string of the molecule is O=C(O)[C@@H](Cc1c[nH]c2ccccc12)NCc1ccccc1OCc1ccccc1Cl. The highest BCUT2D eigenvalue weighted by Gasteiger charge is 2.20. The van der Waals surface area contributed by atoms with E-state index in [9.17, 15) is 9.90 Å². The average Bonchev–Trinajstić information content (AvgIpc) is 3.19. The van der Waals surface area contributed by atoms with Gasteiger partial charge in [-0.2, -0.15) is 0 Å². The molecule has 0 amide bonds. The summed E-state index contributed by atoms with van der Waals surface area (Å²) >= 11 is 6.22. The molecule has 0 aliphatic rings. The van der Waals surface area contributed by atoms with Crippen molar-refractivity contribution < 1.29 is 14.6 Å². The van der Waals surface area contributed by atoms with Crippen molar-refractivity contribution in [1.29, 1.82) is 0 Å². The first-order valence-corrected chi connectivity index (χ1v) is 10.4. The monoisotopic (exact) mass is 434 g/mol. The number of H-pyrrole nitrogens is 1. The van der Waals surface area contributed by atoms with E-state index in [-0.39, 0.29) is 0 Å². The highest BCUT2D eigenvalue weighted by molar-refractivity contribution is 6.31. The number of aromatic nitrogens is 1. The van der Waals surface area contributed by atoms with Crippen LogP contribution in [-0.2, 0) is 24.4 Å². The molecule has 0 bridgehead atoms. The Morgan fingerprint density at radius 2 is 1.68 bits per heavy atom. The Morgan fingerprint density at radius 1 is 0.968 bits per heavy atom. The molecule has 3 aromatic carbocycles. The number of aromatic amines is 1. The van der Waals surface area contributed by atoms with E-state index < -0.39 is 12.0 Å². The molecule has 0 fully saturated rings. The van der Waals surface area contributed by atoms with Crippen LogP contribution in [0.5, 0.6) is 5.75 Å². The third kappa shape index (κ3) is 5.08. The Kier molecular flexibility index (Phi) is 6.55. The fourth-order valence-corrected chi connectivity index (χ4v) is 3.75. The fraction of sp³-hybridized carbons (Fsp3) is 0.160. The van der Waals surface area contributed by atoms with Gasteiger partial charge >= 0.3 is 5.97 Å². The first-order valence-electron chi connectivity index (χ1n) is 10.1. The minimum absolute atomic E-state index is 0.342. The van der Waals surface area contributed by atoms with Gasteiger partial charge in [0.2, 0.25) is 0 Å². The first kappa shape index (κ1) is 21.0. The molecule has 1 atom stereocenters. The summed E-state index contributed by atoms with van der Waals surface area (Å²) in [6, 6.07) is 22.3. The van der Waals surface area contributed by atoms with Gasteiger partial charge in [0.05, 0.1) is 0 Å². The summed E-state index contributed by atoms with van der Waals surface area (Å²) in [5.41, 5.74) is 3.76. The van der Waals surface area contributed by atoms with Gasteiger partial charge in [-0.1, -0.05) is 66.2 Å². The van der Waals surface area contributed by atoms with E-state index in [0.29, 0.717) is 30.3 Å². The minimum Gasteiger partial charge on any atom is -0.489 e. The van der Waals surface area contributed by atoms with Gasteiger partial charge in [-0.05, 0) is 23.8 Å². The lowest BCUT2D eigenvalue weighted by molar-refractivity contribution is -0.139. The number of rotatable bonds is 9. The second kappa shape index (κ2) is 9.69. The molecule has 5 nitrogen and oxygen atoms in total. The van der Waals surface area contributed by atoms with Crippen molar-refractivity contribution in [1.82, 2.24) is 10.3 Å². The van der Waals surface area contributed by atoms with Gasteiger partial charge in [0.25, 0.3) is 0 Å². The maximum atomic E-state index is 11.9. The molecule has 0 aliphatic heterocycles. The van der Waals surface area contributed by atoms with E-state index >= 15 is 0 Å². The van der Waals surface area contributed by atoms with Gasteiger partial charge in [0.15, 0.2) is 0 Å². The lowest BCUT2D eigenvalue weighted by Crippen LogP contribution is -2.38. The fourth-order valence-electron chi connectivity index (χ4n) is 3.56. The van der Waals surface area contributed by atoms with Gasteiger partial charge in [0.1, 0.15) is 18.4 Å². The smallest absolute Gasteiger partial charge is 0.321 e. The van der Waals surface area contributed by atoms with Crippen LogP contribution in [0.25, 0.3) is 10.9 Å². The summed E-state index contributed by atoms with van der Waals surface area (Å²) < 4.78 is 5.98. The summed E-state index contributed by atoms with van der Waals surface area (Å²) in [5, 5.41) is 14.6. The highest BCUT2D eigenvalue weighted by Crippen LogP contribution is 2.23. The summed E-state index contributed by atoms with van der Waals surface area (Å²) in [7, 11) is 0. The summed E-state index contributed by atoms with van der Waals surface area (Å²) in [6.07, 6.45) is 2.25. The number of hydrogen-bond acceptors (Lipinski definition) is 3. The zero-order valence-electron chi connectivity index (χ0n) is 16.8. The Morgan fingerprint density at radius 3 is 2.48 bits per heavy atom. The van der Waals surface area contributed by atoms with E-state index in [0.717, 1.165) is 27.6 Å². The molecule has 0 aliphatic carbocycles. The summed E-state index contributed by atoms with van der Waals surface area (Å²) in [6.45, 7) is 0.715. The van der Waals surface area contributed by atoms with E-state index in [1.54, 1.807) is 0 Å². The lowest BCUT2D eigenvalue weighted by Gasteiger charge is -2.17. The molecule has 158 valence electrons. The van der Waals surface area contributed by atoms with Crippen molar-refractivity contribution in [2.75, 3.05) is 0 Å². The van der Waals surface area contributed by atoms with Crippen LogP contribution < -0.4 is 10.1 Å². The van der Waals surface area contributed by atoms with E-state index in [4.69, 9.17) is 16.3 Å². The highest BCUT2D eigenvalue weighted by atomic mass is 35.5. The molecule has 0 spiro atoms. The quantitative estimate of drug-likeness (QED) is 0.339. The molecule has 1 heterocycles. The molecule has 0 saturated heterocycles. The maximum absolute atomic E-state index is 11.9. The third-order valence-corrected chi connectivity index (χ3v) is 5.62. The number of benzene rings is 3. The molecule has 0 saturated carbocycles. The van der Waals surface area contributed by atoms with Crippen LogP contribution in [0.15, 0.2) is 79.0 Å². The number of nitrogens with one attached hydrogen (secondary N) is 2. The van der Waals surface area contributed by atoms with E-state index in [1.807, 2.05) is 79.0 Å². The minimum atomic E-state index is -0.889. The van der Waals surface area contributed by atoms with Crippen molar-refractivity contribution >= 4 is 28.5 Å². The number of halogens is 1. The second-order valence-electron chi connectivity index (χ2n) is 7.32. The molecule has 3 N–H and O–H groups in total. The summed E-state index contributed by atoms with van der Waals surface area (Å²) in [5.74, 6) is -0.189. The van der Waals surface area contributed by atoms with Crippen LogP contribution in [0.3, 0.4) is 0 Å². The first-order chi connectivity index (χ1) is 15.1. The van der Waals surface area contributed by atoms with Crippen molar-refractivity contribution in [3.63, 3.8) is 0 Å². The largest absolute Gasteiger partial charge is 0.489 e. The number of carboxylic acid groups (broad SMARTS) is 1. The number of carboxylic acids is 1. The Balaban J connectivity index is 1.44. The van der Waals surface area contributed by atoms with E-state index in [2.05, 4.69) is 10.3 Å². The van der Waals surface area contributed by atoms with Crippen molar-refractivity contribution in [3.8, 4) is 5.75 Å². The number of fused-ring (bicyclic) bond motifs is 1. The standard InChI is InChI=1S/C25H23ClN2O3/c26-21-10-4-1-8-18(21)16-31-24-12-6-2-7-17(24)14-28-23(25(29)30)13-19-15-27-22-11-5-3-9-20(19)22/h1-12,15,23,27-28H,13-14,16H2,(H,29,30)/t23-/m1/s1. The van der Waals surface area contributed by atoms with Gasteiger partial charge in [0, 0.05) is 46.2 Å². The molecule has 0 unspecified atom stereocenters. The number of para-hydroxylation sites is 2. The Hall–Kier alpha value is -3.28. The predicted octanol–water partition coefficient (Wildman–Crippen LogP) is 5.19. The number of carbonyl (C=O) groups is 1. The average molecular weight is 435 g/mol. The van der Waals surface area contributed by atoms with Crippen LogP contribution in [0.4, 0.5) is 0 Å². The number of ether oxygens (including phenoxy) is 1. The number of hydrogen-bond donors (Lipinski definition) is 3. The molecular formula is C25H23ClN2O3. The Bertz CT molecular complexity index is 1190. The van der Waals surface area contributed by atoms with E-state index in [1.165, 1.54) is 0 Å². The van der Waals surface area contributed by atoms with Crippen LogP contribution >= 0.6 is 11.6 Å². The van der Waals surface area contributed by atoms with Crippen molar-refractivity contribution in [3.05, 3.63) is 101 Å². The van der Waals surface area contributed by atoms with Gasteiger partial charge < -0.3 is 14.8 Å². The van der Waals surface area contributed by atoms with Crippen LogP contribution in [-0.4, -0.2) is 22.1 Å². The zero-order chi connectivity index (χ0) is 21.6. The van der Waals surface area contributed by atoms with Crippen LogP contribution in [0.2, 0.25) is 5.02 Å². The molecule has 6 heteroatoms. The molecule has 4 aromatic rings. The number of aliphatic carboxylic acids is 1. The lowest BCUT2D eigenvalue weighted by atomic mass is 10.0. The topological polar surface area (TPSA) is 74.3 Å². The van der Waals surface area contributed by atoms with Gasteiger partial charge in [-0.25, -0.2) is 0 Å². The molecular weight excluding hydrogens is 412 g/mol. The molecule has 0 radical (unpaired) electrons.